The summed E-state index contributed by atoms with van der Waals surface area (Å²) in [5.41, 5.74) is 2.96. The highest BCUT2D eigenvalue weighted by Gasteiger charge is 2.27. The van der Waals surface area contributed by atoms with Gasteiger partial charge in [-0.1, -0.05) is 43.0 Å². The molecule has 1 fully saturated rings. The van der Waals surface area contributed by atoms with Gasteiger partial charge in [0, 0.05) is 5.69 Å². The first-order valence-corrected chi connectivity index (χ1v) is 9.20. The van der Waals surface area contributed by atoms with Gasteiger partial charge in [-0.05, 0) is 47.9 Å². The van der Waals surface area contributed by atoms with Crippen molar-refractivity contribution in [3.8, 4) is 11.8 Å². The molecule has 1 heterocycles. The Kier molecular flexibility index (Phi) is 5.82. The zero-order valence-corrected chi connectivity index (χ0v) is 15.2. The number of benzene rings is 2. The van der Waals surface area contributed by atoms with Crippen molar-refractivity contribution in [1.29, 1.82) is 5.26 Å². The third kappa shape index (κ3) is 4.58. The highest BCUT2D eigenvalue weighted by molar-refractivity contribution is 8.05. The first kappa shape index (κ1) is 17.9. The molecule has 2 aromatic rings. The van der Waals surface area contributed by atoms with Gasteiger partial charge in [-0.15, -0.1) is 0 Å². The van der Waals surface area contributed by atoms with Gasteiger partial charge in [0.1, 0.15) is 11.8 Å². The van der Waals surface area contributed by atoms with Gasteiger partial charge >= 0.3 is 0 Å². The van der Waals surface area contributed by atoms with Gasteiger partial charge < -0.3 is 15.4 Å². The fraction of sp³-hybridized carbons (Fsp3) is 0.200. The monoisotopic (exact) mass is 365 g/mol. The van der Waals surface area contributed by atoms with Crippen molar-refractivity contribution in [3.63, 3.8) is 0 Å². The molecule has 0 unspecified atom stereocenters. The van der Waals surface area contributed by atoms with Crippen molar-refractivity contribution in [1.82, 2.24) is 5.32 Å². The SMILES string of the molecule is CCc1ccc(N[C@@H]2NC(=O)/C(=C/c3ccc(OCC#N)cc3)S2)cc1. The third-order valence-corrected chi connectivity index (χ3v) is 4.90. The smallest absolute Gasteiger partial charge is 0.260 e. The number of anilines is 1. The number of rotatable bonds is 6. The fourth-order valence-corrected chi connectivity index (χ4v) is 3.47. The predicted octanol–water partition coefficient (Wildman–Crippen LogP) is 3.75. The van der Waals surface area contributed by atoms with E-state index in [0.29, 0.717) is 10.7 Å². The van der Waals surface area contributed by atoms with Gasteiger partial charge in [-0.2, -0.15) is 5.26 Å². The molecule has 0 aliphatic carbocycles. The minimum atomic E-state index is -0.195. The average Bonchev–Trinajstić information content (AvgIpc) is 3.00. The van der Waals surface area contributed by atoms with E-state index in [4.69, 9.17) is 10.00 Å². The van der Waals surface area contributed by atoms with Crippen LogP contribution in [0.3, 0.4) is 0 Å². The van der Waals surface area contributed by atoms with E-state index >= 15 is 0 Å². The predicted molar refractivity (Wildman–Crippen MR) is 104 cm³/mol. The summed E-state index contributed by atoms with van der Waals surface area (Å²) in [7, 11) is 0. The second-order valence-electron chi connectivity index (χ2n) is 5.69. The van der Waals surface area contributed by atoms with Crippen LogP contribution in [0.5, 0.6) is 5.75 Å². The van der Waals surface area contributed by atoms with Crippen LogP contribution < -0.4 is 15.4 Å². The van der Waals surface area contributed by atoms with Gasteiger partial charge in [0.15, 0.2) is 12.1 Å². The third-order valence-electron chi connectivity index (χ3n) is 3.87. The van der Waals surface area contributed by atoms with Crippen LogP contribution in [0.15, 0.2) is 53.4 Å². The molecule has 26 heavy (non-hydrogen) atoms. The number of amides is 1. The van der Waals surface area contributed by atoms with Crippen LogP contribution in [0.4, 0.5) is 5.69 Å². The molecule has 1 atom stereocenters. The van der Waals surface area contributed by atoms with E-state index < -0.39 is 0 Å². The molecule has 1 aliphatic rings. The Labute approximate surface area is 157 Å². The maximum absolute atomic E-state index is 12.2. The number of nitriles is 1. The molecule has 1 amide bonds. The standard InChI is InChI=1S/C20H19N3O2S/c1-2-14-3-7-16(8-4-14)22-20-23-19(24)18(26-20)13-15-5-9-17(10-6-15)25-12-11-21/h3-10,13,20,22H,2,12H2,1H3,(H,23,24)/b18-13-/t20-/m1/s1. The minimum absolute atomic E-state index is 0.0191. The van der Waals surface area contributed by atoms with E-state index in [9.17, 15) is 4.79 Å². The topological polar surface area (TPSA) is 74.2 Å². The van der Waals surface area contributed by atoms with Crippen LogP contribution in [-0.2, 0) is 11.2 Å². The van der Waals surface area contributed by atoms with Gasteiger partial charge in [-0.25, -0.2) is 0 Å². The van der Waals surface area contributed by atoms with Gasteiger partial charge in [0.2, 0.25) is 0 Å². The summed E-state index contributed by atoms with van der Waals surface area (Å²) in [4.78, 5) is 12.8. The maximum atomic E-state index is 12.2. The van der Waals surface area contributed by atoms with E-state index in [1.165, 1.54) is 17.3 Å². The Hall–Kier alpha value is -2.91. The Morgan fingerprint density at radius 2 is 1.96 bits per heavy atom. The molecule has 2 aromatic carbocycles. The van der Waals surface area contributed by atoms with Crippen LogP contribution >= 0.6 is 11.8 Å². The lowest BCUT2D eigenvalue weighted by Crippen LogP contribution is -2.30. The molecule has 0 saturated carbocycles. The molecule has 0 radical (unpaired) electrons. The number of hydrogen-bond acceptors (Lipinski definition) is 5. The number of carbonyl (C=O) groups is 1. The summed E-state index contributed by atoms with van der Waals surface area (Å²) < 4.78 is 5.22. The lowest BCUT2D eigenvalue weighted by atomic mass is 10.1. The molecule has 6 heteroatoms. The van der Waals surface area contributed by atoms with E-state index in [1.807, 2.05) is 36.4 Å². The lowest BCUT2D eigenvalue weighted by Gasteiger charge is -2.12. The van der Waals surface area contributed by atoms with Crippen LogP contribution in [0.2, 0.25) is 0 Å². The number of nitrogens with one attached hydrogen (secondary N) is 2. The maximum Gasteiger partial charge on any atom is 0.260 e. The van der Waals surface area contributed by atoms with Gasteiger partial charge in [-0.3, -0.25) is 4.79 Å². The second-order valence-corrected chi connectivity index (χ2v) is 6.84. The van der Waals surface area contributed by atoms with Crippen molar-refractivity contribution < 1.29 is 9.53 Å². The number of hydrogen-bond donors (Lipinski definition) is 2. The van der Waals surface area contributed by atoms with Crippen LogP contribution in [-0.4, -0.2) is 18.0 Å². The van der Waals surface area contributed by atoms with Crippen LogP contribution in [0.1, 0.15) is 18.1 Å². The summed E-state index contributed by atoms with van der Waals surface area (Å²) in [6, 6.07) is 17.4. The van der Waals surface area contributed by atoms with Gasteiger partial charge in [0.25, 0.3) is 5.91 Å². The molecule has 1 aliphatic heterocycles. The van der Waals surface area contributed by atoms with E-state index in [2.05, 4.69) is 29.7 Å². The molecule has 3 rings (SSSR count). The summed E-state index contributed by atoms with van der Waals surface area (Å²) in [6.45, 7) is 2.14. The molecule has 0 aromatic heterocycles. The summed E-state index contributed by atoms with van der Waals surface area (Å²) in [5.74, 6) is 0.537. The van der Waals surface area contributed by atoms with Crippen LogP contribution in [0, 0.1) is 11.3 Å². The summed E-state index contributed by atoms with van der Waals surface area (Å²) in [5, 5.41) is 14.8. The number of thioether (sulfide) groups is 1. The minimum Gasteiger partial charge on any atom is -0.479 e. The molecular weight excluding hydrogens is 346 g/mol. The number of carbonyl (C=O) groups excluding carboxylic acids is 1. The first-order valence-electron chi connectivity index (χ1n) is 8.32. The quantitative estimate of drug-likeness (QED) is 0.763. The van der Waals surface area contributed by atoms with Crippen molar-refractivity contribution in [2.24, 2.45) is 0 Å². The Bertz CT molecular complexity index is 839. The number of nitrogens with zero attached hydrogens (tertiary/aromatic N) is 1. The zero-order valence-electron chi connectivity index (χ0n) is 14.4. The normalized spacial score (nSPS) is 17.6. The molecule has 0 spiro atoms. The summed E-state index contributed by atoms with van der Waals surface area (Å²) in [6.07, 6.45) is 2.85. The van der Waals surface area contributed by atoms with E-state index in [1.54, 1.807) is 12.1 Å². The van der Waals surface area contributed by atoms with Crippen molar-refractivity contribution >= 4 is 29.4 Å². The largest absolute Gasteiger partial charge is 0.479 e. The molecule has 1 saturated heterocycles. The Morgan fingerprint density at radius 1 is 1.23 bits per heavy atom. The summed E-state index contributed by atoms with van der Waals surface area (Å²) >= 11 is 1.45. The van der Waals surface area contributed by atoms with E-state index in [-0.39, 0.29) is 18.0 Å². The first-order chi connectivity index (χ1) is 12.7. The van der Waals surface area contributed by atoms with E-state index in [0.717, 1.165) is 17.7 Å². The Balaban J connectivity index is 1.63. The number of aryl methyl sites for hydroxylation is 1. The molecule has 5 nitrogen and oxygen atoms in total. The second kappa shape index (κ2) is 8.45. The fourth-order valence-electron chi connectivity index (χ4n) is 2.48. The highest BCUT2D eigenvalue weighted by Crippen LogP contribution is 2.30. The Morgan fingerprint density at radius 3 is 2.62 bits per heavy atom. The molecule has 132 valence electrons. The van der Waals surface area contributed by atoms with Crippen molar-refractivity contribution in [3.05, 3.63) is 64.6 Å². The van der Waals surface area contributed by atoms with Crippen molar-refractivity contribution in [2.75, 3.05) is 11.9 Å². The number of ether oxygens (including phenoxy) is 1. The average molecular weight is 365 g/mol. The molecule has 0 bridgehead atoms. The molecule has 2 N–H and O–H groups in total. The molecular formula is C20H19N3O2S. The van der Waals surface area contributed by atoms with Crippen LogP contribution in [0.25, 0.3) is 6.08 Å². The van der Waals surface area contributed by atoms with Gasteiger partial charge in [0.05, 0.1) is 4.91 Å². The lowest BCUT2D eigenvalue weighted by molar-refractivity contribution is -0.116. The zero-order chi connectivity index (χ0) is 18.4. The highest BCUT2D eigenvalue weighted by atomic mass is 32.2. The van der Waals surface area contributed by atoms with Crippen molar-refractivity contribution in [2.45, 2.75) is 18.8 Å².